The van der Waals surface area contributed by atoms with Crippen LogP contribution < -0.4 is 11.1 Å². The molecule has 0 bridgehead atoms. The topological polar surface area (TPSA) is 93.8 Å². The number of nitrogens with zero attached hydrogens (tertiary/aromatic N) is 3. The molecule has 2 aromatic heterocycles. The Balaban J connectivity index is 2.20. The maximum Gasteiger partial charge on any atom is 0.258 e. The number of rotatable bonds is 4. The molecule has 0 unspecified atom stereocenters. The first-order valence-electron chi connectivity index (χ1n) is 6.43. The molecule has 0 spiro atoms. The van der Waals surface area contributed by atoms with Gasteiger partial charge in [-0.15, -0.1) is 0 Å². The Morgan fingerprint density at radius 2 is 2.15 bits per heavy atom. The third kappa shape index (κ3) is 3.16. The minimum Gasteiger partial charge on any atom is -0.326 e. The molecule has 2 rings (SSSR count). The number of anilines is 1. The third-order valence-electron chi connectivity index (χ3n) is 2.87. The van der Waals surface area contributed by atoms with Crippen LogP contribution in [0.25, 0.3) is 0 Å². The van der Waals surface area contributed by atoms with Crippen molar-refractivity contribution in [1.82, 2.24) is 15.2 Å². The van der Waals surface area contributed by atoms with Crippen LogP contribution in [0.2, 0.25) is 0 Å². The molecule has 0 aliphatic carbocycles. The number of aryl methyl sites for hydroxylation is 2. The molecule has 0 aliphatic rings. The number of nitrogens with one attached hydrogen (secondary N) is 1. The van der Waals surface area contributed by atoms with Gasteiger partial charge < -0.3 is 11.1 Å². The highest BCUT2D eigenvalue weighted by Crippen LogP contribution is 2.11. The molecule has 20 heavy (non-hydrogen) atoms. The van der Waals surface area contributed by atoms with Crippen molar-refractivity contribution in [2.45, 2.75) is 26.8 Å². The minimum absolute atomic E-state index is 0.229. The summed E-state index contributed by atoms with van der Waals surface area (Å²) in [4.78, 5) is 16.4. The summed E-state index contributed by atoms with van der Waals surface area (Å²) in [6, 6.07) is 5.29. The quantitative estimate of drug-likeness (QED) is 0.877. The smallest absolute Gasteiger partial charge is 0.258 e. The van der Waals surface area contributed by atoms with Crippen molar-refractivity contribution in [2.75, 3.05) is 5.32 Å². The van der Waals surface area contributed by atoms with Crippen molar-refractivity contribution in [3.63, 3.8) is 0 Å². The minimum atomic E-state index is -0.229. The Hall–Kier alpha value is -2.34. The lowest BCUT2D eigenvalue weighted by molar-refractivity contribution is 0.102. The molecule has 3 N–H and O–H groups in total. The number of amides is 1. The van der Waals surface area contributed by atoms with Gasteiger partial charge >= 0.3 is 0 Å². The van der Waals surface area contributed by atoms with Gasteiger partial charge in [-0.3, -0.25) is 4.79 Å². The van der Waals surface area contributed by atoms with E-state index in [0.29, 0.717) is 35.7 Å². The maximum atomic E-state index is 12.3. The largest absolute Gasteiger partial charge is 0.326 e. The average Bonchev–Trinajstić information content (AvgIpc) is 2.48. The van der Waals surface area contributed by atoms with Crippen molar-refractivity contribution >= 4 is 11.7 Å². The van der Waals surface area contributed by atoms with Crippen LogP contribution in [0.4, 0.5) is 5.82 Å². The van der Waals surface area contributed by atoms with E-state index in [-0.39, 0.29) is 5.91 Å². The lowest BCUT2D eigenvalue weighted by atomic mass is 10.1. The molecule has 0 radical (unpaired) electrons. The van der Waals surface area contributed by atoms with Crippen LogP contribution in [-0.4, -0.2) is 21.1 Å². The molecule has 0 fully saturated rings. The maximum absolute atomic E-state index is 12.3. The van der Waals surface area contributed by atoms with Gasteiger partial charge in [0.2, 0.25) is 0 Å². The predicted molar refractivity (Wildman–Crippen MR) is 76.2 cm³/mol. The van der Waals surface area contributed by atoms with E-state index in [0.717, 1.165) is 5.56 Å². The second-order valence-electron chi connectivity index (χ2n) is 4.41. The first-order valence-corrected chi connectivity index (χ1v) is 6.43. The molecule has 0 saturated heterocycles. The first kappa shape index (κ1) is 14.1. The number of pyridine rings is 1. The summed E-state index contributed by atoms with van der Waals surface area (Å²) in [5, 5.41) is 10.8. The van der Waals surface area contributed by atoms with E-state index in [1.54, 1.807) is 25.3 Å². The third-order valence-corrected chi connectivity index (χ3v) is 2.87. The van der Waals surface area contributed by atoms with Gasteiger partial charge in [0.05, 0.1) is 17.0 Å². The van der Waals surface area contributed by atoms with Crippen molar-refractivity contribution < 1.29 is 4.79 Å². The Morgan fingerprint density at radius 1 is 1.35 bits per heavy atom. The van der Waals surface area contributed by atoms with Gasteiger partial charge in [-0.1, -0.05) is 13.0 Å². The molecule has 1 amide bonds. The fraction of sp³-hybridized carbons (Fsp3) is 0.286. The molecule has 0 aliphatic heterocycles. The van der Waals surface area contributed by atoms with E-state index >= 15 is 0 Å². The zero-order valence-electron chi connectivity index (χ0n) is 11.6. The standard InChI is InChI=1S/C14H17N5O/c1-3-12-11(6-9(2)18-19-12)14(20)17-13-5-4-10(7-15)8-16-13/h4-6,8H,3,7,15H2,1-2H3,(H,16,17,20). The number of hydrogen-bond acceptors (Lipinski definition) is 5. The van der Waals surface area contributed by atoms with E-state index in [1.807, 2.05) is 13.0 Å². The second kappa shape index (κ2) is 6.21. The Kier molecular flexibility index (Phi) is 4.37. The highest BCUT2D eigenvalue weighted by Gasteiger charge is 2.13. The molecule has 0 atom stereocenters. The SMILES string of the molecule is CCc1nnc(C)cc1C(=O)Nc1ccc(CN)cn1. The molecule has 6 nitrogen and oxygen atoms in total. The summed E-state index contributed by atoms with van der Waals surface area (Å²) < 4.78 is 0. The zero-order valence-corrected chi connectivity index (χ0v) is 11.6. The Bertz CT molecular complexity index is 609. The van der Waals surface area contributed by atoms with Crippen LogP contribution in [0.5, 0.6) is 0 Å². The summed E-state index contributed by atoms with van der Waals surface area (Å²) >= 11 is 0. The molecule has 2 aromatic rings. The van der Waals surface area contributed by atoms with Gasteiger partial charge in [-0.2, -0.15) is 10.2 Å². The predicted octanol–water partition coefficient (Wildman–Crippen LogP) is 1.45. The summed E-state index contributed by atoms with van der Waals surface area (Å²) in [7, 11) is 0. The fourth-order valence-corrected chi connectivity index (χ4v) is 1.77. The van der Waals surface area contributed by atoms with Crippen molar-refractivity contribution in [1.29, 1.82) is 0 Å². The van der Waals surface area contributed by atoms with Gasteiger partial charge in [-0.25, -0.2) is 4.98 Å². The monoisotopic (exact) mass is 271 g/mol. The van der Waals surface area contributed by atoms with E-state index in [2.05, 4.69) is 20.5 Å². The normalized spacial score (nSPS) is 10.3. The average molecular weight is 271 g/mol. The van der Waals surface area contributed by atoms with Crippen LogP contribution in [0.3, 0.4) is 0 Å². The van der Waals surface area contributed by atoms with Crippen LogP contribution in [0.1, 0.15) is 34.2 Å². The number of hydrogen-bond donors (Lipinski definition) is 2. The highest BCUT2D eigenvalue weighted by molar-refractivity contribution is 6.04. The molecule has 0 aromatic carbocycles. The molecule has 0 saturated carbocycles. The summed E-state index contributed by atoms with van der Waals surface area (Å²) in [6.45, 7) is 4.16. The lowest BCUT2D eigenvalue weighted by Gasteiger charge is -2.08. The first-order chi connectivity index (χ1) is 9.63. The second-order valence-corrected chi connectivity index (χ2v) is 4.41. The Labute approximate surface area is 117 Å². The van der Waals surface area contributed by atoms with Gasteiger partial charge in [0, 0.05) is 12.7 Å². The van der Waals surface area contributed by atoms with Gasteiger partial charge in [-0.05, 0) is 31.0 Å². The molecule has 104 valence electrons. The van der Waals surface area contributed by atoms with Crippen molar-refractivity contribution in [3.05, 3.63) is 46.9 Å². The van der Waals surface area contributed by atoms with E-state index in [4.69, 9.17) is 5.73 Å². The summed E-state index contributed by atoms with van der Waals surface area (Å²) in [6.07, 6.45) is 2.29. The van der Waals surface area contributed by atoms with E-state index in [9.17, 15) is 4.79 Å². The van der Waals surface area contributed by atoms with Crippen LogP contribution in [0.15, 0.2) is 24.4 Å². The van der Waals surface area contributed by atoms with Crippen molar-refractivity contribution in [2.24, 2.45) is 5.73 Å². The van der Waals surface area contributed by atoms with Crippen LogP contribution in [-0.2, 0) is 13.0 Å². The number of aromatic nitrogens is 3. The molecular weight excluding hydrogens is 254 g/mol. The summed E-state index contributed by atoms with van der Waals surface area (Å²) in [5.41, 5.74) is 8.33. The van der Waals surface area contributed by atoms with Gasteiger partial charge in [0.25, 0.3) is 5.91 Å². The van der Waals surface area contributed by atoms with Gasteiger partial charge in [0.15, 0.2) is 0 Å². The molecular formula is C14H17N5O. The van der Waals surface area contributed by atoms with Crippen LogP contribution in [0, 0.1) is 6.92 Å². The molecule has 6 heteroatoms. The number of nitrogens with two attached hydrogens (primary N) is 1. The zero-order chi connectivity index (χ0) is 14.5. The lowest BCUT2D eigenvalue weighted by Crippen LogP contribution is -2.17. The number of carbonyl (C=O) groups excluding carboxylic acids is 1. The van der Waals surface area contributed by atoms with E-state index in [1.165, 1.54) is 0 Å². The van der Waals surface area contributed by atoms with E-state index < -0.39 is 0 Å². The summed E-state index contributed by atoms with van der Waals surface area (Å²) in [5.74, 6) is 0.261. The van der Waals surface area contributed by atoms with Crippen molar-refractivity contribution in [3.8, 4) is 0 Å². The van der Waals surface area contributed by atoms with Crippen LogP contribution >= 0.6 is 0 Å². The molecule has 2 heterocycles. The fourth-order valence-electron chi connectivity index (χ4n) is 1.77. The number of carbonyl (C=O) groups is 1. The Morgan fingerprint density at radius 3 is 2.75 bits per heavy atom. The highest BCUT2D eigenvalue weighted by atomic mass is 16.1. The van der Waals surface area contributed by atoms with Gasteiger partial charge in [0.1, 0.15) is 5.82 Å².